The molecule has 1 aromatic carbocycles. The van der Waals surface area contributed by atoms with E-state index in [0.717, 1.165) is 42.9 Å². The molecule has 0 radical (unpaired) electrons. The second kappa shape index (κ2) is 5.07. The third-order valence-electron chi connectivity index (χ3n) is 4.50. The summed E-state index contributed by atoms with van der Waals surface area (Å²) in [6.45, 7) is 3.75. The third kappa shape index (κ3) is 2.27. The molecule has 4 N–H and O–H groups in total. The van der Waals surface area contributed by atoms with E-state index in [4.69, 9.17) is 5.73 Å². The van der Waals surface area contributed by atoms with E-state index in [1.54, 1.807) is 0 Å². The predicted molar refractivity (Wildman–Crippen MR) is 78.6 cm³/mol. The number of piperidine rings is 1. The van der Waals surface area contributed by atoms with Gasteiger partial charge in [-0.05, 0) is 37.8 Å². The van der Waals surface area contributed by atoms with Crippen molar-refractivity contribution in [2.45, 2.75) is 31.9 Å². The van der Waals surface area contributed by atoms with E-state index in [9.17, 15) is 9.90 Å². The number of nitrogens with zero attached hydrogens (tertiary/aromatic N) is 1. The summed E-state index contributed by atoms with van der Waals surface area (Å²) in [7, 11) is 0. The fraction of sp³-hybridized carbons (Fsp3) is 0.533. The topological polar surface area (TPSA) is 78.6 Å². The molecule has 1 aromatic rings. The lowest BCUT2D eigenvalue weighted by Crippen LogP contribution is -2.37. The molecular formula is C15H21N3O2. The smallest absolute Gasteiger partial charge is 0.245 e. The van der Waals surface area contributed by atoms with Gasteiger partial charge in [0, 0.05) is 30.0 Å². The Morgan fingerprint density at radius 2 is 2.10 bits per heavy atom. The molecule has 0 aromatic heterocycles. The van der Waals surface area contributed by atoms with E-state index >= 15 is 0 Å². The number of anilines is 2. The van der Waals surface area contributed by atoms with Gasteiger partial charge in [0.25, 0.3) is 0 Å². The molecule has 1 fully saturated rings. The van der Waals surface area contributed by atoms with Crippen molar-refractivity contribution in [1.82, 2.24) is 0 Å². The molecule has 1 amide bonds. The van der Waals surface area contributed by atoms with Gasteiger partial charge in [0.15, 0.2) is 0 Å². The molecule has 2 unspecified atom stereocenters. The number of hydrogen-bond acceptors (Lipinski definition) is 4. The van der Waals surface area contributed by atoms with Gasteiger partial charge in [-0.2, -0.15) is 0 Å². The van der Waals surface area contributed by atoms with Gasteiger partial charge in [-0.3, -0.25) is 4.79 Å². The minimum Gasteiger partial charge on any atom is -0.393 e. The van der Waals surface area contributed by atoms with Gasteiger partial charge in [-0.25, -0.2) is 0 Å². The summed E-state index contributed by atoms with van der Waals surface area (Å²) >= 11 is 0. The molecule has 0 bridgehead atoms. The van der Waals surface area contributed by atoms with Crippen LogP contribution in [0.5, 0.6) is 0 Å². The minimum atomic E-state index is -0.542. The second-order valence-electron chi connectivity index (χ2n) is 5.80. The van der Waals surface area contributed by atoms with Crippen LogP contribution in [0.25, 0.3) is 0 Å². The highest BCUT2D eigenvalue weighted by molar-refractivity contribution is 6.02. The van der Waals surface area contributed by atoms with Crippen molar-refractivity contribution < 1.29 is 9.90 Å². The molecule has 0 spiro atoms. The van der Waals surface area contributed by atoms with E-state index in [-0.39, 0.29) is 12.0 Å². The monoisotopic (exact) mass is 275 g/mol. The van der Waals surface area contributed by atoms with Crippen molar-refractivity contribution in [3.8, 4) is 0 Å². The number of rotatable bonds is 2. The fourth-order valence-electron chi connectivity index (χ4n) is 3.11. The third-order valence-corrected chi connectivity index (χ3v) is 4.50. The summed E-state index contributed by atoms with van der Waals surface area (Å²) in [5.41, 5.74) is 8.63. The maximum atomic E-state index is 11.6. The van der Waals surface area contributed by atoms with Crippen LogP contribution in [0, 0.1) is 5.92 Å². The van der Waals surface area contributed by atoms with Gasteiger partial charge < -0.3 is 21.1 Å². The molecule has 20 heavy (non-hydrogen) atoms. The van der Waals surface area contributed by atoms with E-state index in [2.05, 4.69) is 10.2 Å². The van der Waals surface area contributed by atoms with E-state index < -0.39 is 6.04 Å². The summed E-state index contributed by atoms with van der Waals surface area (Å²) < 4.78 is 0. The number of carbonyl (C=O) groups excluding carboxylic acids is 1. The van der Waals surface area contributed by atoms with Gasteiger partial charge in [-0.1, -0.05) is 6.07 Å². The molecule has 0 saturated carbocycles. The summed E-state index contributed by atoms with van der Waals surface area (Å²) in [5, 5.41) is 12.5. The molecule has 2 aliphatic rings. The normalized spacial score (nSPS) is 24.4. The quantitative estimate of drug-likeness (QED) is 0.758. The predicted octanol–water partition coefficient (Wildman–Crippen LogP) is 1.24. The van der Waals surface area contributed by atoms with Crippen LogP contribution in [0.15, 0.2) is 18.2 Å². The molecule has 1 saturated heterocycles. The van der Waals surface area contributed by atoms with Crippen LogP contribution >= 0.6 is 0 Å². The Morgan fingerprint density at radius 3 is 2.75 bits per heavy atom. The SMILES string of the molecule is CC(O)C1CCN(c2ccc3c(c2)NC(=O)C3N)CC1. The Balaban J connectivity index is 1.74. The fourth-order valence-corrected chi connectivity index (χ4v) is 3.11. The van der Waals surface area contributed by atoms with Crippen molar-refractivity contribution in [1.29, 1.82) is 0 Å². The molecule has 2 aliphatic heterocycles. The van der Waals surface area contributed by atoms with Gasteiger partial charge in [0.2, 0.25) is 5.91 Å². The number of carbonyl (C=O) groups is 1. The van der Waals surface area contributed by atoms with E-state index in [1.165, 1.54) is 0 Å². The standard InChI is InChI=1S/C15H21N3O2/c1-9(19)10-4-6-18(7-5-10)11-2-3-12-13(8-11)17-15(20)14(12)16/h2-3,8-10,14,19H,4-7,16H2,1H3,(H,17,20). The van der Waals surface area contributed by atoms with Crippen LogP contribution in [0.2, 0.25) is 0 Å². The van der Waals surface area contributed by atoms with Crippen molar-refractivity contribution in [2.24, 2.45) is 11.7 Å². The Kier molecular flexibility index (Phi) is 3.40. The average Bonchev–Trinajstić information content (AvgIpc) is 2.74. The molecule has 3 rings (SSSR count). The second-order valence-corrected chi connectivity index (χ2v) is 5.80. The summed E-state index contributed by atoms with van der Waals surface area (Å²) in [5.74, 6) is 0.263. The number of benzene rings is 1. The summed E-state index contributed by atoms with van der Waals surface area (Å²) in [6.07, 6.45) is 1.77. The zero-order valence-electron chi connectivity index (χ0n) is 11.7. The number of nitrogens with one attached hydrogen (secondary N) is 1. The number of aliphatic hydroxyl groups is 1. The van der Waals surface area contributed by atoms with Crippen LogP contribution in [0.1, 0.15) is 31.4 Å². The molecule has 5 heteroatoms. The maximum absolute atomic E-state index is 11.6. The molecular weight excluding hydrogens is 254 g/mol. The highest BCUT2D eigenvalue weighted by atomic mass is 16.3. The maximum Gasteiger partial charge on any atom is 0.245 e. The van der Waals surface area contributed by atoms with Crippen LogP contribution in [-0.4, -0.2) is 30.2 Å². The van der Waals surface area contributed by atoms with Gasteiger partial charge in [0.1, 0.15) is 6.04 Å². The Morgan fingerprint density at radius 1 is 1.40 bits per heavy atom. The molecule has 5 nitrogen and oxygen atoms in total. The summed E-state index contributed by atoms with van der Waals surface area (Å²) in [6, 6.07) is 5.43. The van der Waals surface area contributed by atoms with Crippen molar-refractivity contribution in [2.75, 3.05) is 23.3 Å². The van der Waals surface area contributed by atoms with Crippen LogP contribution in [0.3, 0.4) is 0 Å². The molecule has 2 atom stereocenters. The lowest BCUT2D eigenvalue weighted by atomic mass is 9.92. The zero-order valence-corrected chi connectivity index (χ0v) is 11.7. The number of fused-ring (bicyclic) bond motifs is 1. The Labute approximate surface area is 118 Å². The number of amides is 1. The lowest BCUT2D eigenvalue weighted by molar-refractivity contribution is -0.116. The molecule has 108 valence electrons. The van der Waals surface area contributed by atoms with Gasteiger partial charge >= 0.3 is 0 Å². The van der Waals surface area contributed by atoms with Crippen LogP contribution in [0.4, 0.5) is 11.4 Å². The first-order valence-corrected chi connectivity index (χ1v) is 7.19. The minimum absolute atomic E-state index is 0.134. The summed E-state index contributed by atoms with van der Waals surface area (Å²) in [4.78, 5) is 13.9. The first-order chi connectivity index (χ1) is 9.56. The zero-order chi connectivity index (χ0) is 14.3. The number of hydrogen-bond donors (Lipinski definition) is 3. The van der Waals surface area contributed by atoms with Crippen molar-refractivity contribution in [3.05, 3.63) is 23.8 Å². The van der Waals surface area contributed by atoms with E-state index in [1.807, 2.05) is 25.1 Å². The van der Waals surface area contributed by atoms with Gasteiger partial charge in [0.05, 0.1) is 6.10 Å². The van der Waals surface area contributed by atoms with Crippen molar-refractivity contribution >= 4 is 17.3 Å². The Bertz CT molecular complexity index is 522. The largest absolute Gasteiger partial charge is 0.393 e. The average molecular weight is 275 g/mol. The van der Waals surface area contributed by atoms with Crippen LogP contribution in [-0.2, 0) is 4.79 Å². The van der Waals surface area contributed by atoms with E-state index in [0.29, 0.717) is 5.92 Å². The first kappa shape index (κ1) is 13.4. The van der Waals surface area contributed by atoms with Crippen LogP contribution < -0.4 is 16.0 Å². The molecule has 2 heterocycles. The highest BCUT2D eigenvalue weighted by Crippen LogP contribution is 2.34. The Hall–Kier alpha value is -1.59. The van der Waals surface area contributed by atoms with Crippen molar-refractivity contribution in [3.63, 3.8) is 0 Å². The highest BCUT2D eigenvalue weighted by Gasteiger charge is 2.28. The first-order valence-electron chi connectivity index (χ1n) is 7.19. The van der Waals surface area contributed by atoms with Gasteiger partial charge in [-0.15, -0.1) is 0 Å². The lowest BCUT2D eigenvalue weighted by Gasteiger charge is -2.35. The molecule has 0 aliphatic carbocycles. The number of aliphatic hydroxyl groups excluding tert-OH is 1. The number of nitrogens with two attached hydrogens (primary N) is 1.